The molecule has 1 N–H and O–H groups in total. The molecule has 1 aliphatic carbocycles. The average Bonchev–Trinajstić information content (AvgIpc) is 3.15. The average molecular weight is 416 g/mol. The summed E-state index contributed by atoms with van der Waals surface area (Å²) < 4.78 is 0. The van der Waals surface area contributed by atoms with Crippen molar-refractivity contribution in [3.05, 3.63) is 96.1 Å². The summed E-state index contributed by atoms with van der Waals surface area (Å²) in [5.74, 6) is 0. The van der Waals surface area contributed by atoms with Crippen LogP contribution in [-0.2, 0) is 0 Å². The second-order valence-corrected chi connectivity index (χ2v) is 8.14. The summed E-state index contributed by atoms with van der Waals surface area (Å²) in [6.07, 6.45) is 9.28. The zero-order valence-corrected chi connectivity index (χ0v) is 20.8. The van der Waals surface area contributed by atoms with Crippen LogP contribution in [0.3, 0.4) is 0 Å². The van der Waals surface area contributed by atoms with Gasteiger partial charge in [0.15, 0.2) is 0 Å². The predicted octanol–water partition coefficient (Wildman–Crippen LogP) is 9.46. The van der Waals surface area contributed by atoms with Gasteiger partial charge in [0.05, 0.1) is 0 Å². The van der Waals surface area contributed by atoms with Gasteiger partial charge in [-0.05, 0) is 62.5 Å². The van der Waals surface area contributed by atoms with Gasteiger partial charge >= 0.3 is 0 Å². The Bertz CT molecular complexity index is 933. The molecular weight excluding hydrogens is 374 g/mol. The Morgan fingerprint density at radius 1 is 0.839 bits per heavy atom. The number of benzene rings is 2. The maximum absolute atomic E-state index is 3.78. The van der Waals surface area contributed by atoms with Crippen LogP contribution in [0.4, 0.5) is 5.69 Å². The van der Waals surface area contributed by atoms with Gasteiger partial charge in [-0.15, -0.1) is 0 Å². The fraction of sp³-hybridized carbons (Fsp3) is 0.333. The van der Waals surface area contributed by atoms with Crippen LogP contribution >= 0.6 is 0 Å². The van der Waals surface area contributed by atoms with Crippen LogP contribution in [0.25, 0.3) is 16.7 Å². The molecule has 31 heavy (non-hydrogen) atoms. The second-order valence-electron chi connectivity index (χ2n) is 8.14. The number of allylic oxidation sites excluding steroid dienone is 7. The highest BCUT2D eigenvalue weighted by Gasteiger charge is 2.18. The van der Waals surface area contributed by atoms with E-state index in [0.717, 1.165) is 6.42 Å². The van der Waals surface area contributed by atoms with E-state index in [1.165, 1.54) is 39.1 Å². The minimum atomic E-state index is 0.0124. The molecule has 0 spiro atoms. The lowest BCUT2D eigenvalue weighted by atomic mass is 9.92. The Labute approximate surface area is 191 Å². The van der Waals surface area contributed by atoms with Crippen LogP contribution in [0.1, 0.15) is 67.4 Å². The molecule has 1 aliphatic rings. The van der Waals surface area contributed by atoms with E-state index in [4.69, 9.17) is 0 Å². The quantitative estimate of drug-likeness (QED) is 0.479. The highest BCUT2D eigenvalue weighted by Crippen LogP contribution is 2.40. The molecule has 0 atom stereocenters. The molecule has 0 fully saturated rings. The molecule has 0 heterocycles. The Kier molecular flexibility index (Phi) is 10.8. The van der Waals surface area contributed by atoms with Crippen molar-refractivity contribution in [3.63, 3.8) is 0 Å². The lowest BCUT2D eigenvalue weighted by Gasteiger charge is -2.25. The van der Waals surface area contributed by atoms with E-state index < -0.39 is 0 Å². The van der Waals surface area contributed by atoms with Crippen molar-refractivity contribution in [1.29, 1.82) is 0 Å². The molecule has 0 aromatic heterocycles. The van der Waals surface area contributed by atoms with E-state index in [-0.39, 0.29) is 5.54 Å². The van der Waals surface area contributed by atoms with Gasteiger partial charge in [-0.25, -0.2) is 0 Å². The molecule has 2 aromatic carbocycles. The molecule has 0 aliphatic heterocycles. The van der Waals surface area contributed by atoms with Gasteiger partial charge in [0.25, 0.3) is 0 Å². The highest BCUT2D eigenvalue weighted by atomic mass is 15.0. The largest absolute Gasteiger partial charge is 0.380 e. The summed E-state index contributed by atoms with van der Waals surface area (Å²) in [7, 11) is 0. The lowest BCUT2D eigenvalue weighted by Crippen LogP contribution is -2.26. The fourth-order valence-electron chi connectivity index (χ4n) is 3.51. The predicted molar refractivity (Wildman–Crippen MR) is 143 cm³/mol. The summed E-state index contributed by atoms with van der Waals surface area (Å²) >= 11 is 0. The minimum absolute atomic E-state index is 0.0124. The molecule has 0 unspecified atom stereocenters. The minimum Gasteiger partial charge on any atom is -0.380 e. The van der Waals surface area contributed by atoms with Crippen molar-refractivity contribution in [3.8, 4) is 11.1 Å². The summed E-state index contributed by atoms with van der Waals surface area (Å²) in [6.45, 7) is 20.6. The van der Waals surface area contributed by atoms with E-state index >= 15 is 0 Å². The number of anilines is 1. The van der Waals surface area contributed by atoms with E-state index in [2.05, 4.69) is 100 Å². The Hall–Kier alpha value is -2.80. The van der Waals surface area contributed by atoms with Crippen LogP contribution < -0.4 is 5.32 Å². The van der Waals surface area contributed by atoms with Crippen molar-refractivity contribution < 1.29 is 0 Å². The lowest BCUT2D eigenvalue weighted by molar-refractivity contribution is 0.634. The van der Waals surface area contributed by atoms with E-state index in [1.54, 1.807) is 0 Å². The molecule has 3 rings (SSSR count). The summed E-state index contributed by atoms with van der Waals surface area (Å²) in [5, 5.41) is 3.66. The standard InChI is InChI=1S/C26H29N.2C2H6/c1-6-7-12-20-18-21(17-19(20)2)22-13-8-9-14-23(22)24-15-10-11-16-25(24)27-26(3,4)5;2*1-2/h6-16,18,27H,1,17H2,2-5H3;2*1-2H3/b12-7-;;. The maximum Gasteiger partial charge on any atom is 0.0424 e. The van der Waals surface area contributed by atoms with E-state index in [0.29, 0.717) is 0 Å². The van der Waals surface area contributed by atoms with Crippen LogP contribution in [0.15, 0.2) is 90.6 Å². The van der Waals surface area contributed by atoms with Crippen molar-refractivity contribution in [1.82, 2.24) is 0 Å². The van der Waals surface area contributed by atoms with Gasteiger partial charge in [0.2, 0.25) is 0 Å². The second kappa shape index (κ2) is 12.8. The molecule has 0 bridgehead atoms. The van der Waals surface area contributed by atoms with Crippen LogP contribution in [0.5, 0.6) is 0 Å². The van der Waals surface area contributed by atoms with Crippen LogP contribution in [0, 0.1) is 0 Å². The summed E-state index contributed by atoms with van der Waals surface area (Å²) in [6, 6.07) is 17.3. The molecule has 166 valence electrons. The molecule has 0 radical (unpaired) electrons. The van der Waals surface area contributed by atoms with Gasteiger partial charge in [0.1, 0.15) is 0 Å². The monoisotopic (exact) mass is 415 g/mol. The van der Waals surface area contributed by atoms with Crippen molar-refractivity contribution in [2.45, 2.75) is 67.3 Å². The van der Waals surface area contributed by atoms with Crippen molar-refractivity contribution in [2.75, 3.05) is 5.32 Å². The Morgan fingerprint density at radius 2 is 1.39 bits per heavy atom. The van der Waals surface area contributed by atoms with Gasteiger partial charge in [-0.3, -0.25) is 0 Å². The third kappa shape index (κ3) is 7.43. The maximum atomic E-state index is 3.78. The normalized spacial score (nSPS) is 13.1. The number of rotatable bonds is 5. The molecule has 2 aromatic rings. The molecule has 0 amide bonds. The topological polar surface area (TPSA) is 12.0 Å². The molecule has 0 saturated carbocycles. The molecule has 0 saturated heterocycles. The van der Waals surface area contributed by atoms with Gasteiger partial charge in [0, 0.05) is 16.8 Å². The van der Waals surface area contributed by atoms with Crippen LogP contribution in [-0.4, -0.2) is 5.54 Å². The third-order valence-corrected chi connectivity index (χ3v) is 4.69. The Balaban J connectivity index is 0.00000113. The van der Waals surface area contributed by atoms with Gasteiger partial charge in [-0.1, -0.05) is 107 Å². The zero-order chi connectivity index (χ0) is 23.4. The SMILES string of the molecule is C=C/C=C\C1=C(C)CC(c2ccccc2-c2ccccc2NC(C)(C)C)=C1.CC.CC. The Morgan fingerprint density at radius 3 is 1.97 bits per heavy atom. The third-order valence-electron chi connectivity index (χ3n) is 4.69. The first-order valence-corrected chi connectivity index (χ1v) is 11.6. The van der Waals surface area contributed by atoms with Crippen LogP contribution in [0.2, 0.25) is 0 Å². The number of hydrogen-bond donors (Lipinski definition) is 1. The van der Waals surface area contributed by atoms with Gasteiger partial charge < -0.3 is 5.32 Å². The van der Waals surface area contributed by atoms with Gasteiger partial charge in [-0.2, -0.15) is 0 Å². The first kappa shape index (κ1) is 26.2. The highest BCUT2D eigenvalue weighted by molar-refractivity contribution is 5.89. The number of para-hydroxylation sites is 1. The molecule has 1 nitrogen and oxygen atoms in total. The summed E-state index contributed by atoms with van der Waals surface area (Å²) in [4.78, 5) is 0. The first-order chi connectivity index (χ1) is 14.9. The van der Waals surface area contributed by atoms with E-state index in [9.17, 15) is 0 Å². The fourth-order valence-corrected chi connectivity index (χ4v) is 3.51. The molecular formula is C30H41N. The number of nitrogens with one attached hydrogen (secondary N) is 1. The smallest absolute Gasteiger partial charge is 0.0424 e. The zero-order valence-electron chi connectivity index (χ0n) is 20.8. The number of hydrogen-bond acceptors (Lipinski definition) is 1. The molecule has 1 heteroatoms. The first-order valence-electron chi connectivity index (χ1n) is 11.6. The van der Waals surface area contributed by atoms with Crippen molar-refractivity contribution >= 4 is 11.3 Å². The summed E-state index contributed by atoms with van der Waals surface area (Å²) in [5.41, 5.74) is 9.08. The van der Waals surface area contributed by atoms with Crippen molar-refractivity contribution in [2.24, 2.45) is 0 Å². The van der Waals surface area contributed by atoms with E-state index in [1.807, 2.05) is 39.8 Å².